The largest absolute Gasteiger partial charge is 0.467 e. The summed E-state index contributed by atoms with van der Waals surface area (Å²) in [6.45, 7) is 0.886. The van der Waals surface area contributed by atoms with Crippen LogP contribution < -0.4 is 14.8 Å². The summed E-state index contributed by atoms with van der Waals surface area (Å²) in [6, 6.07) is -0.690. The zero-order valence-corrected chi connectivity index (χ0v) is 10.9. The van der Waals surface area contributed by atoms with E-state index in [2.05, 4.69) is 25.0 Å². The van der Waals surface area contributed by atoms with E-state index in [4.69, 9.17) is 4.74 Å². The maximum atomic E-state index is 12.7. The molecule has 114 valence electrons. The summed E-state index contributed by atoms with van der Waals surface area (Å²) in [5, 5.41) is 2.77. The number of halogens is 4. The van der Waals surface area contributed by atoms with Crippen molar-refractivity contribution in [3.8, 4) is 12.0 Å². The van der Waals surface area contributed by atoms with Gasteiger partial charge in [0.2, 0.25) is 5.95 Å². The molecule has 0 amide bonds. The molecular weight excluding hydrogens is 284 g/mol. The number of hydrogen-bond donors (Lipinski definition) is 1. The first kappa shape index (κ1) is 16.2. The summed E-state index contributed by atoms with van der Waals surface area (Å²) in [7, 11) is 1.26. The number of anilines is 1. The average Bonchev–Trinajstić information content (AvgIpc) is 2.42. The van der Waals surface area contributed by atoms with E-state index in [1.54, 1.807) is 0 Å². The van der Waals surface area contributed by atoms with Gasteiger partial charge < -0.3 is 14.8 Å². The standard InChI is InChI=1S/C10H14F4N4O2/c1-3-4-15-7-16-8(19-2)18-9(17-7)20-5-10(13,14)6(11)12/h6H,3-5H2,1-2H3,(H,15,16,17,18). The van der Waals surface area contributed by atoms with Gasteiger partial charge in [0.05, 0.1) is 7.11 Å². The van der Waals surface area contributed by atoms with Crippen molar-refractivity contribution in [3.63, 3.8) is 0 Å². The van der Waals surface area contributed by atoms with Crippen molar-refractivity contribution in [2.75, 3.05) is 25.6 Å². The molecule has 0 saturated carbocycles. The zero-order valence-electron chi connectivity index (χ0n) is 10.9. The van der Waals surface area contributed by atoms with Gasteiger partial charge in [-0.1, -0.05) is 6.92 Å². The number of methoxy groups -OCH3 is 1. The molecule has 0 unspecified atom stereocenters. The van der Waals surface area contributed by atoms with E-state index in [1.807, 2.05) is 6.92 Å². The summed E-state index contributed by atoms with van der Waals surface area (Å²) >= 11 is 0. The third-order valence-electron chi connectivity index (χ3n) is 2.02. The summed E-state index contributed by atoms with van der Waals surface area (Å²) in [6.07, 6.45) is -3.06. The summed E-state index contributed by atoms with van der Waals surface area (Å²) in [4.78, 5) is 11.0. The van der Waals surface area contributed by atoms with Crippen molar-refractivity contribution in [2.45, 2.75) is 25.7 Å². The minimum Gasteiger partial charge on any atom is -0.467 e. The van der Waals surface area contributed by atoms with Gasteiger partial charge in [0.15, 0.2) is 6.61 Å². The fourth-order valence-corrected chi connectivity index (χ4v) is 1.03. The molecule has 1 N–H and O–H groups in total. The maximum Gasteiger partial charge on any atom is 0.340 e. The SMILES string of the molecule is CCCNc1nc(OC)nc(OCC(F)(F)C(F)F)n1. The fraction of sp³-hybridized carbons (Fsp3) is 0.700. The Bertz CT molecular complexity index is 434. The van der Waals surface area contributed by atoms with Gasteiger partial charge in [0.1, 0.15) is 0 Å². The molecular formula is C10H14F4N4O2. The topological polar surface area (TPSA) is 69.2 Å². The monoisotopic (exact) mass is 298 g/mol. The Hall–Kier alpha value is -1.87. The lowest BCUT2D eigenvalue weighted by Crippen LogP contribution is -2.34. The highest BCUT2D eigenvalue weighted by Gasteiger charge is 2.42. The molecule has 0 aliphatic heterocycles. The minimum absolute atomic E-state index is 0.0501. The molecule has 0 fully saturated rings. The van der Waals surface area contributed by atoms with Gasteiger partial charge in [0.25, 0.3) is 0 Å². The zero-order chi connectivity index (χ0) is 15.2. The Kier molecular flexibility index (Phi) is 5.71. The van der Waals surface area contributed by atoms with Gasteiger partial charge in [-0.05, 0) is 6.42 Å². The number of nitrogens with zero attached hydrogens (tertiary/aromatic N) is 3. The van der Waals surface area contributed by atoms with Gasteiger partial charge in [-0.25, -0.2) is 8.78 Å². The summed E-state index contributed by atoms with van der Waals surface area (Å²) in [5.74, 6) is -4.23. The highest BCUT2D eigenvalue weighted by molar-refractivity contribution is 5.27. The van der Waals surface area contributed by atoms with Crippen LogP contribution in [0.2, 0.25) is 0 Å². The quantitative estimate of drug-likeness (QED) is 0.740. The lowest BCUT2D eigenvalue weighted by atomic mass is 10.4. The average molecular weight is 298 g/mol. The molecule has 0 aromatic carbocycles. The third kappa shape index (κ3) is 4.67. The molecule has 1 heterocycles. The van der Waals surface area contributed by atoms with Crippen LogP contribution in [0, 0.1) is 0 Å². The van der Waals surface area contributed by atoms with Crippen molar-refractivity contribution in [1.82, 2.24) is 15.0 Å². The van der Waals surface area contributed by atoms with E-state index in [1.165, 1.54) is 7.11 Å². The van der Waals surface area contributed by atoms with E-state index in [0.717, 1.165) is 6.42 Å². The molecule has 10 heteroatoms. The molecule has 0 saturated heterocycles. The van der Waals surface area contributed by atoms with E-state index in [-0.39, 0.29) is 12.0 Å². The molecule has 0 atom stereocenters. The number of nitrogens with one attached hydrogen (secondary N) is 1. The lowest BCUT2D eigenvalue weighted by Gasteiger charge is -2.15. The highest BCUT2D eigenvalue weighted by atomic mass is 19.3. The number of rotatable bonds is 8. The Morgan fingerprint density at radius 2 is 1.85 bits per heavy atom. The first-order valence-corrected chi connectivity index (χ1v) is 5.71. The van der Waals surface area contributed by atoms with Crippen molar-refractivity contribution < 1.29 is 27.0 Å². The summed E-state index contributed by atoms with van der Waals surface area (Å²) in [5.41, 5.74) is 0. The highest BCUT2D eigenvalue weighted by Crippen LogP contribution is 2.23. The lowest BCUT2D eigenvalue weighted by molar-refractivity contribution is -0.149. The summed E-state index contributed by atoms with van der Waals surface area (Å²) < 4.78 is 58.6. The fourth-order valence-electron chi connectivity index (χ4n) is 1.03. The molecule has 0 aliphatic rings. The number of aromatic nitrogens is 3. The molecule has 1 aromatic heterocycles. The molecule has 1 rings (SSSR count). The second kappa shape index (κ2) is 7.06. The van der Waals surface area contributed by atoms with Crippen molar-refractivity contribution in [2.24, 2.45) is 0 Å². The van der Waals surface area contributed by atoms with Crippen molar-refractivity contribution in [3.05, 3.63) is 0 Å². The second-order valence-corrected chi connectivity index (χ2v) is 3.71. The van der Waals surface area contributed by atoms with Crippen LogP contribution in [0.4, 0.5) is 23.5 Å². The van der Waals surface area contributed by atoms with Crippen LogP contribution in [0.3, 0.4) is 0 Å². The molecule has 0 aliphatic carbocycles. The predicted molar refractivity (Wildman–Crippen MR) is 61.6 cm³/mol. The van der Waals surface area contributed by atoms with Crippen LogP contribution in [0.5, 0.6) is 12.0 Å². The van der Waals surface area contributed by atoms with Gasteiger partial charge in [0, 0.05) is 6.54 Å². The van der Waals surface area contributed by atoms with Gasteiger partial charge in [-0.3, -0.25) is 0 Å². The van der Waals surface area contributed by atoms with Crippen molar-refractivity contribution >= 4 is 5.95 Å². The first-order valence-electron chi connectivity index (χ1n) is 5.71. The molecule has 20 heavy (non-hydrogen) atoms. The van der Waals surface area contributed by atoms with Gasteiger partial charge in [-0.15, -0.1) is 4.98 Å². The van der Waals surface area contributed by atoms with E-state index in [0.29, 0.717) is 6.54 Å². The van der Waals surface area contributed by atoms with Crippen LogP contribution in [0.25, 0.3) is 0 Å². The third-order valence-corrected chi connectivity index (χ3v) is 2.02. The number of hydrogen-bond acceptors (Lipinski definition) is 6. The van der Waals surface area contributed by atoms with Crippen LogP contribution in [0.15, 0.2) is 0 Å². The van der Waals surface area contributed by atoms with Crippen LogP contribution in [-0.4, -0.2) is 47.6 Å². The van der Waals surface area contributed by atoms with Gasteiger partial charge in [-0.2, -0.15) is 18.7 Å². The molecule has 0 radical (unpaired) electrons. The molecule has 0 bridgehead atoms. The number of ether oxygens (including phenoxy) is 2. The van der Waals surface area contributed by atoms with Crippen LogP contribution in [0.1, 0.15) is 13.3 Å². The van der Waals surface area contributed by atoms with Crippen molar-refractivity contribution in [1.29, 1.82) is 0 Å². The molecule has 0 spiro atoms. The normalized spacial score (nSPS) is 11.6. The van der Waals surface area contributed by atoms with E-state index in [9.17, 15) is 17.6 Å². The maximum absolute atomic E-state index is 12.7. The predicted octanol–water partition coefficient (Wildman–Crippen LogP) is 1.98. The Labute approximate surface area is 112 Å². The van der Waals surface area contributed by atoms with E-state index < -0.39 is 25.0 Å². The Morgan fingerprint density at radius 3 is 2.40 bits per heavy atom. The van der Waals surface area contributed by atoms with E-state index >= 15 is 0 Å². The smallest absolute Gasteiger partial charge is 0.340 e. The number of alkyl halides is 4. The second-order valence-electron chi connectivity index (χ2n) is 3.71. The first-order chi connectivity index (χ1) is 9.39. The van der Waals surface area contributed by atoms with Crippen LogP contribution in [-0.2, 0) is 0 Å². The molecule has 6 nitrogen and oxygen atoms in total. The van der Waals surface area contributed by atoms with Crippen LogP contribution >= 0.6 is 0 Å². The Balaban J connectivity index is 2.78. The molecule has 1 aromatic rings. The van der Waals surface area contributed by atoms with Gasteiger partial charge >= 0.3 is 24.4 Å². The minimum atomic E-state index is -4.28. The Morgan fingerprint density at radius 1 is 1.20 bits per heavy atom.